The molecule has 118 valence electrons. The van der Waals surface area contributed by atoms with Crippen LogP contribution in [0.3, 0.4) is 0 Å². The van der Waals surface area contributed by atoms with Crippen LogP contribution in [0.5, 0.6) is 0 Å². The van der Waals surface area contributed by atoms with Crippen molar-refractivity contribution in [2.24, 2.45) is 21.5 Å². The van der Waals surface area contributed by atoms with Crippen LogP contribution in [0.4, 0.5) is 10.1 Å². The summed E-state index contributed by atoms with van der Waals surface area (Å²) in [4.78, 5) is 10.1. The number of anilines is 1. The average Bonchev–Trinajstić information content (AvgIpc) is 2.47. The molecule has 1 aliphatic carbocycles. The maximum atomic E-state index is 14.6. The summed E-state index contributed by atoms with van der Waals surface area (Å²) in [5.41, 5.74) is 11.3. The maximum absolute atomic E-state index is 14.6. The summed E-state index contributed by atoms with van der Waals surface area (Å²) in [6.45, 7) is 0. The number of guanidine groups is 2. The van der Waals surface area contributed by atoms with Gasteiger partial charge in [0.2, 0.25) is 11.9 Å². The number of benzene rings is 1. The van der Waals surface area contributed by atoms with Crippen LogP contribution in [0.2, 0.25) is 10.0 Å². The lowest BCUT2D eigenvalue weighted by molar-refractivity contribution is 0.304. The standard InChI is InChI=1S/C14H16Cl2FN5/c15-8-4-5-9(11(17)10(8)16)22-13(19)20-12(18)21-14(22)6-2-1-3-7-14/h4-5H,1-3,6-7H2,(H4,18,19,20,21). The van der Waals surface area contributed by atoms with Crippen molar-refractivity contribution in [3.05, 3.63) is 28.0 Å². The predicted molar refractivity (Wildman–Crippen MR) is 88.0 cm³/mol. The minimum Gasteiger partial charge on any atom is -0.369 e. The first-order valence-electron chi connectivity index (χ1n) is 7.08. The number of halogens is 3. The molecule has 1 aliphatic heterocycles. The zero-order valence-corrected chi connectivity index (χ0v) is 13.3. The molecule has 2 aliphatic rings. The zero-order valence-electron chi connectivity index (χ0n) is 11.8. The Bertz CT molecular complexity index is 667. The van der Waals surface area contributed by atoms with Crippen molar-refractivity contribution in [1.82, 2.24) is 0 Å². The Balaban J connectivity index is 2.14. The summed E-state index contributed by atoms with van der Waals surface area (Å²) in [6.07, 6.45) is 4.48. The fourth-order valence-electron chi connectivity index (χ4n) is 3.16. The smallest absolute Gasteiger partial charge is 0.220 e. The summed E-state index contributed by atoms with van der Waals surface area (Å²) in [5.74, 6) is -0.393. The highest BCUT2D eigenvalue weighted by molar-refractivity contribution is 6.42. The van der Waals surface area contributed by atoms with Crippen LogP contribution >= 0.6 is 23.2 Å². The Morgan fingerprint density at radius 2 is 1.82 bits per heavy atom. The Hall–Kier alpha value is -1.53. The molecular formula is C14H16Cl2FN5. The first-order valence-corrected chi connectivity index (χ1v) is 7.83. The van der Waals surface area contributed by atoms with Gasteiger partial charge in [0.05, 0.1) is 15.7 Å². The molecule has 0 aromatic heterocycles. The number of nitrogens with two attached hydrogens (primary N) is 2. The quantitative estimate of drug-likeness (QED) is 0.768. The largest absolute Gasteiger partial charge is 0.369 e. The van der Waals surface area contributed by atoms with Gasteiger partial charge in [0.25, 0.3) is 0 Å². The summed E-state index contributed by atoms with van der Waals surface area (Å²) >= 11 is 11.8. The lowest BCUT2D eigenvalue weighted by Crippen LogP contribution is -2.58. The molecule has 0 amide bonds. The van der Waals surface area contributed by atoms with Gasteiger partial charge >= 0.3 is 0 Å². The molecule has 0 atom stereocenters. The fraction of sp³-hybridized carbons (Fsp3) is 0.429. The summed E-state index contributed by atoms with van der Waals surface area (Å²) in [5, 5.41) is 0.0107. The number of hydrogen-bond donors (Lipinski definition) is 2. The molecule has 1 heterocycles. The molecular weight excluding hydrogens is 328 g/mol. The van der Waals surface area contributed by atoms with Crippen LogP contribution in [0, 0.1) is 5.82 Å². The molecule has 3 rings (SSSR count). The van der Waals surface area contributed by atoms with Crippen LogP contribution in [-0.4, -0.2) is 17.6 Å². The molecule has 0 unspecified atom stereocenters. The number of rotatable bonds is 1. The van der Waals surface area contributed by atoms with Gasteiger partial charge in [-0.3, -0.25) is 4.90 Å². The van der Waals surface area contributed by atoms with Crippen molar-refractivity contribution in [1.29, 1.82) is 0 Å². The van der Waals surface area contributed by atoms with Gasteiger partial charge < -0.3 is 11.5 Å². The van der Waals surface area contributed by atoms with Gasteiger partial charge in [-0.15, -0.1) is 0 Å². The van der Waals surface area contributed by atoms with Crippen molar-refractivity contribution >= 4 is 40.8 Å². The van der Waals surface area contributed by atoms with Crippen LogP contribution in [-0.2, 0) is 0 Å². The third-order valence-electron chi connectivity index (χ3n) is 4.11. The van der Waals surface area contributed by atoms with Crippen molar-refractivity contribution < 1.29 is 4.39 Å². The molecule has 1 aromatic carbocycles. The maximum Gasteiger partial charge on any atom is 0.220 e. The SMILES string of the molecule is NC1=NC2(CCCCC2)N(c2ccc(Cl)c(Cl)c2F)C(N)=N1. The molecule has 5 nitrogen and oxygen atoms in total. The first kappa shape index (κ1) is 15.4. The number of hydrogen-bond acceptors (Lipinski definition) is 5. The molecule has 4 N–H and O–H groups in total. The summed E-state index contributed by atoms with van der Waals surface area (Å²) < 4.78 is 14.6. The average molecular weight is 344 g/mol. The van der Waals surface area contributed by atoms with Crippen LogP contribution < -0.4 is 16.4 Å². The molecule has 0 bridgehead atoms. The van der Waals surface area contributed by atoms with Crippen molar-refractivity contribution in [2.45, 2.75) is 37.8 Å². The highest BCUT2D eigenvalue weighted by Crippen LogP contribution is 2.42. The van der Waals surface area contributed by atoms with E-state index in [9.17, 15) is 4.39 Å². The van der Waals surface area contributed by atoms with Gasteiger partial charge in [-0.2, -0.15) is 4.99 Å². The molecule has 1 saturated carbocycles. The molecule has 1 spiro atoms. The first-order chi connectivity index (χ1) is 10.4. The number of nitrogens with zero attached hydrogens (tertiary/aromatic N) is 3. The Labute approximate surface area is 137 Å². The van der Waals surface area contributed by atoms with E-state index < -0.39 is 11.5 Å². The normalized spacial score (nSPS) is 20.8. The van der Waals surface area contributed by atoms with Crippen molar-refractivity contribution in [2.75, 3.05) is 4.90 Å². The Morgan fingerprint density at radius 3 is 2.50 bits per heavy atom. The second-order valence-corrected chi connectivity index (χ2v) is 6.30. The van der Waals surface area contributed by atoms with Gasteiger partial charge in [0.1, 0.15) is 5.66 Å². The predicted octanol–water partition coefficient (Wildman–Crippen LogP) is 3.24. The van der Waals surface area contributed by atoms with E-state index in [0.29, 0.717) is 0 Å². The highest BCUT2D eigenvalue weighted by atomic mass is 35.5. The van der Waals surface area contributed by atoms with Gasteiger partial charge in [-0.25, -0.2) is 9.38 Å². The topological polar surface area (TPSA) is 80.0 Å². The van der Waals surface area contributed by atoms with Crippen molar-refractivity contribution in [3.8, 4) is 0 Å². The molecule has 1 fully saturated rings. The van der Waals surface area contributed by atoms with E-state index in [1.54, 1.807) is 11.0 Å². The zero-order chi connectivity index (χ0) is 15.9. The van der Waals surface area contributed by atoms with Crippen molar-refractivity contribution in [3.63, 3.8) is 0 Å². The van der Waals surface area contributed by atoms with E-state index in [1.807, 2.05) is 0 Å². The monoisotopic (exact) mass is 343 g/mol. The minimum atomic E-state index is -0.702. The minimum absolute atomic E-state index is 0.117. The molecule has 1 aromatic rings. The van der Waals surface area contributed by atoms with E-state index in [-0.39, 0.29) is 27.7 Å². The van der Waals surface area contributed by atoms with Gasteiger partial charge in [0, 0.05) is 0 Å². The second kappa shape index (κ2) is 5.59. The van der Waals surface area contributed by atoms with Gasteiger partial charge in [-0.05, 0) is 37.8 Å². The van der Waals surface area contributed by atoms with E-state index in [0.717, 1.165) is 32.1 Å². The Morgan fingerprint density at radius 1 is 1.14 bits per heavy atom. The molecule has 8 heteroatoms. The van der Waals surface area contributed by atoms with Crippen LogP contribution in [0.15, 0.2) is 22.1 Å². The van der Waals surface area contributed by atoms with E-state index in [2.05, 4.69) is 9.98 Å². The molecule has 0 radical (unpaired) electrons. The van der Waals surface area contributed by atoms with E-state index >= 15 is 0 Å². The molecule has 22 heavy (non-hydrogen) atoms. The fourth-order valence-corrected chi connectivity index (χ4v) is 3.46. The van der Waals surface area contributed by atoms with E-state index in [4.69, 9.17) is 34.7 Å². The van der Waals surface area contributed by atoms with E-state index in [1.165, 1.54) is 6.07 Å². The Kier molecular flexibility index (Phi) is 3.91. The summed E-state index contributed by atoms with van der Waals surface area (Å²) in [6, 6.07) is 3.08. The van der Waals surface area contributed by atoms with Crippen LogP contribution in [0.25, 0.3) is 0 Å². The summed E-state index contributed by atoms with van der Waals surface area (Å²) in [7, 11) is 0. The lowest BCUT2D eigenvalue weighted by atomic mass is 9.87. The number of aliphatic imine (C=N–C) groups is 2. The van der Waals surface area contributed by atoms with Gasteiger partial charge in [-0.1, -0.05) is 29.6 Å². The highest BCUT2D eigenvalue weighted by Gasteiger charge is 2.43. The molecule has 0 saturated heterocycles. The second-order valence-electron chi connectivity index (χ2n) is 5.51. The third-order valence-corrected chi connectivity index (χ3v) is 4.89. The third kappa shape index (κ3) is 2.40. The lowest BCUT2D eigenvalue weighted by Gasteiger charge is -2.45. The van der Waals surface area contributed by atoms with Gasteiger partial charge in [0.15, 0.2) is 5.82 Å². The van der Waals surface area contributed by atoms with Crippen LogP contribution in [0.1, 0.15) is 32.1 Å².